The summed E-state index contributed by atoms with van der Waals surface area (Å²) in [6, 6.07) is 24.7. The molecule has 210 valence electrons. The Hall–Kier alpha value is -4.40. The molecule has 0 saturated carbocycles. The average molecular weight is 594 g/mol. The number of nitrogens with one attached hydrogen (secondary N) is 1. The van der Waals surface area contributed by atoms with E-state index in [9.17, 15) is 9.59 Å². The van der Waals surface area contributed by atoms with E-state index in [2.05, 4.69) is 5.32 Å². The first-order chi connectivity index (χ1) is 19.9. The molecule has 1 aliphatic heterocycles. The molecule has 2 N–H and O–H groups in total. The van der Waals surface area contributed by atoms with Crippen LogP contribution in [0, 0.1) is 0 Å². The minimum atomic E-state index is -1.37. The molecule has 1 aliphatic rings. The Kier molecular flexibility index (Phi) is 8.82. The van der Waals surface area contributed by atoms with E-state index in [0.29, 0.717) is 70.9 Å². The van der Waals surface area contributed by atoms with E-state index in [-0.39, 0.29) is 10.9 Å². The van der Waals surface area contributed by atoms with Crippen LogP contribution in [0.2, 0.25) is 10.0 Å². The summed E-state index contributed by atoms with van der Waals surface area (Å²) in [6.07, 6.45) is -1.08. The first kappa shape index (κ1) is 28.1. The predicted octanol–water partition coefficient (Wildman–Crippen LogP) is 8.07. The molecule has 0 aliphatic carbocycles. The highest BCUT2D eigenvalue weighted by Crippen LogP contribution is 2.42. The number of halogens is 2. The molecule has 10 heteroatoms. The quantitative estimate of drug-likeness (QED) is 0.189. The summed E-state index contributed by atoms with van der Waals surface area (Å²) in [5.41, 5.74) is 1.94. The van der Waals surface area contributed by atoms with Gasteiger partial charge in [-0.05, 0) is 60.5 Å². The Balaban J connectivity index is 1.18. The minimum Gasteiger partial charge on any atom is -0.493 e. The van der Waals surface area contributed by atoms with Gasteiger partial charge in [-0.3, -0.25) is 4.79 Å². The second-order valence-corrected chi connectivity index (χ2v) is 9.92. The number of rotatable bonds is 9. The summed E-state index contributed by atoms with van der Waals surface area (Å²) in [6.45, 7) is 0.702. The standard InChI is InChI=1S/C31H25Cl2NO7/c32-23-6-2-4-8-27(23)40-25-7-3-1-5-19(25)13-15-34-30(35)20-9-11-21(12-10-20)39-29-18-28-22(17-24(29)33)26(14-16-38-28)41-31(36)37/h1-12,17-18,26H,13-16H2,(H,34,35)(H,36,37). The fraction of sp³-hybridized carbons (Fsp3) is 0.161. The van der Waals surface area contributed by atoms with Crippen molar-refractivity contribution in [2.75, 3.05) is 13.2 Å². The van der Waals surface area contributed by atoms with Crippen molar-refractivity contribution >= 4 is 35.3 Å². The van der Waals surface area contributed by atoms with Crippen molar-refractivity contribution in [3.05, 3.63) is 112 Å². The molecule has 5 rings (SSSR count). The zero-order valence-corrected chi connectivity index (χ0v) is 23.2. The van der Waals surface area contributed by atoms with Gasteiger partial charge in [-0.2, -0.15) is 0 Å². The largest absolute Gasteiger partial charge is 0.506 e. The third-order valence-electron chi connectivity index (χ3n) is 6.35. The normalized spacial score (nSPS) is 13.9. The van der Waals surface area contributed by atoms with Crippen LogP contribution in [0.4, 0.5) is 4.79 Å². The summed E-state index contributed by atoms with van der Waals surface area (Å²) in [5, 5.41) is 12.7. The number of ether oxygens (including phenoxy) is 4. The van der Waals surface area contributed by atoms with Crippen molar-refractivity contribution < 1.29 is 33.6 Å². The number of para-hydroxylation sites is 2. The lowest BCUT2D eigenvalue weighted by atomic mass is 10.0. The summed E-state index contributed by atoms with van der Waals surface area (Å²) in [4.78, 5) is 23.8. The van der Waals surface area contributed by atoms with Gasteiger partial charge in [0.1, 0.15) is 34.9 Å². The fourth-order valence-corrected chi connectivity index (χ4v) is 4.74. The molecule has 0 bridgehead atoms. The minimum absolute atomic E-state index is 0.231. The Morgan fingerprint density at radius 1 is 0.878 bits per heavy atom. The van der Waals surface area contributed by atoms with Crippen LogP contribution in [0.15, 0.2) is 84.9 Å². The lowest BCUT2D eigenvalue weighted by Gasteiger charge is -2.25. The Labute approximate surface area is 246 Å². The van der Waals surface area contributed by atoms with Crippen LogP contribution in [0.25, 0.3) is 0 Å². The third kappa shape index (κ3) is 7.03. The monoisotopic (exact) mass is 593 g/mol. The smallest absolute Gasteiger partial charge is 0.493 e. The van der Waals surface area contributed by atoms with Crippen molar-refractivity contribution in [1.82, 2.24) is 5.32 Å². The van der Waals surface area contributed by atoms with Crippen LogP contribution in [0.1, 0.15) is 34.0 Å². The maximum Gasteiger partial charge on any atom is 0.506 e. The highest BCUT2D eigenvalue weighted by Gasteiger charge is 2.27. The number of fused-ring (bicyclic) bond motifs is 1. The number of carbonyl (C=O) groups is 2. The lowest BCUT2D eigenvalue weighted by Crippen LogP contribution is -2.25. The molecule has 41 heavy (non-hydrogen) atoms. The van der Waals surface area contributed by atoms with Gasteiger partial charge in [0.25, 0.3) is 5.91 Å². The van der Waals surface area contributed by atoms with Crippen LogP contribution in [0.5, 0.6) is 28.7 Å². The van der Waals surface area contributed by atoms with Crippen LogP contribution in [-0.4, -0.2) is 30.3 Å². The first-order valence-electron chi connectivity index (χ1n) is 12.8. The van der Waals surface area contributed by atoms with E-state index in [0.717, 1.165) is 5.56 Å². The highest BCUT2D eigenvalue weighted by molar-refractivity contribution is 6.32. The average Bonchev–Trinajstić information content (AvgIpc) is 2.96. The molecule has 0 saturated heterocycles. The molecular formula is C31H25Cl2NO7. The van der Waals surface area contributed by atoms with Gasteiger partial charge < -0.3 is 29.4 Å². The Morgan fingerprint density at radius 3 is 2.37 bits per heavy atom. The molecule has 4 aromatic rings. The van der Waals surface area contributed by atoms with Crippen molar-refractivity contribution in [2.24, 2.45) is 0 Å². The van der Waals surface area contributed by atoms with Gasteiger partial charge >= 0.3 is 6.16 Å². The van der Waals surface area contributed by atoms with Crippen LogP contribution < -0.4 is 19.5 Å². The van der Waals surface area contributed by atoms with E-state index in [1.54, 1.807) is 48.5 Å². The van der Waals surface area contributed by atoms with E-state index in [1.807, 2.05) is 36.4 Å². The van der Waals surface area contributed by atoms with Crippen molar-refractivity contribution in [2.45, 2.75) is 18.9 Å². The highest BCUT2D eigenvalue weighted by atomic mass is 35.5. The maximum absolute atomic E-state index is 12.8. The number of carbonyl (C=O) groups excluding carboxylic acids is 1. The second-order valence-electron chi connectivity index (χ2n) is 9.10. The van der Waals surface area contributed by atoms with Crippen molar-refractivity contribution in [1.29, 1.82) is 0 Å². The molecule has 4 aromatic carbocycles. The van der Waals surface area contributed by atoms with Crippen LogP contribution in [0.3, 0.4) is 0 Å². The van der Waals surface area contributed by atoms with Gasteiger partial charge in [0.2, 0.25) is 0 Å². The summed E-state index contributed by atoms with van der Waals surface area (Å²) in [7, 11) is 0. The lowest BCUT2D eigenvalue weighted by molar-refractivity contribution is 0.0326. The van der Waals surface area contributed by atoms with Gasteiger partial charge in [-0.1, -0.05) is 53.5 Å². The number of amides is 1. The van der Waals surface area contributed by atoms with Crippen LogP contribution >= 0.6 is 23.2 Å². The van der Waals surface area contributed by atoms with Gasteiger partial charge in [-0.25, -0.2) is 4.79 Å². The summed E-state index contributed by atoms with van der Waals surface area (Å²) < 4.78 is 22.5. The molecule has 0 aromatic heterocycles. The molecule has 0 fully saturated rings. The van der Waals surface area contributed by atoms with Gasteiger partial charge in [0.15, 0.2) is 0 Å². The van der Waals surface area contributed by atoms with Crippen LogP contribution in [-0.2, 0) is 11.2 Å². The van der Waals surface area contributed by atoms with Gasteiger partial charge in [0, 0.05) is 30.2 Å². The number of carboxylic acid groups (broad SMARTS) is 1. The van der Waals surface area contributed by atoms with E-state index >= 15 is 0 Å². The zero-order chi connectivity index (χ0) is 28.8. The molecule has 1 unspecified atom stereocenters. The topological polar surface area (TPSA) is 103 Å². The molecule has 0 spiro atoms. The zero-order valence-electron chi connectivity index (χ0n) is 21.6. The summed E-state index contributed by atoms with van der Waals surface area (Å²) >= 11 is 12.6. The molecule has 0 radical (unpaired) electrons. The number of hydrogen-bond acceptors (Lipinski definition) is 6. The van der Waals surface area contributed by atoms with E-state index < -0.39 is 12.3 Å². The fourth-order valence-electron chi connectivity index (χ4n) is 4.35. The first-order valence-corrected chi connectivity index (χ1v) is 13.5. The predicted molar refractivity (Wildman–Crippen MR) is 154 cm³/mol. The van der Waals surface area contributed by atoms with E-state index in [4.69, 9.17) is 47.3 Å². The maximum atomic E-state index is 12.8. The van der Waals surface area contributed by atoms with Gasteiger partial charge in [-0.15, -0.1) is 0 Å². The van der Waals surface area contributed by atoms with Gasteiger partial charge in [0.05, 0.1) is 16.7 Å². The number of benzene rings is 4. The second kappa shape index (κ2) is 12.8. The van der Waals surface area contributed by atoms with E-state index in [1.165, 1.54) is 0 Å². The SMILES string of the molecule is O=C(O)OC1CCOc2cc(Oc3ccc(C(=O)NCCc4ccccc4Oc4ccccc4Cl)cc3)c(Cl)cc21. The molecule has 1 amide bonds. The molecule has 8 nitrogen and oxygen atoms in total. The van der Waals surface area contributed by atoms with Crippen molar-refractivity contribution in [3.8, 4) is 28.7 Å². The third-order valence-corrected chi connectivity index (χ3v) is 6.95. The Morgan fingerprint density at radius 2 is 1.61 bits per heavy atom. The molecular weight excluding hydrogens is 569 g/mol. The molecule has 1 heterocycles. The Bertz CT molecular complexity index is 1560. The van der Waals surface area contributed by atoms with Crippen molar-refractivity contribution in [3.63, 3.8) is 0 Å². The molecule has 1 atom stereocenters. The number of hydrogen-bond donors (Lipinski definition) is 2. The summed E-state index contributed by atoms with van der Waals surface area (Å²) in [5.74, 6) is 2.24.